The lowest BCUT2D eigenvalue weighted by molar-refractivity contribution is -0.123. The lowest BCUT2D eigenvalue weighted by atomic mass is 9.89. The minimum Gasteiger partial charge on any atom is -0.388 e. The third-order valence-corrected chi connectivity index (χ3v) is 3.90. The molecule has 0 radical (unpaired) electrons. The Kier molecular flexibility index (Phi) is 5.01. The lowest BCUT2D eigenvalue weighted by Crippen LogP contribution is -2.45. The first kappa shape index (κ1) is 16.0. The summed E-state index contributed by atoms with van der Waals surface area (Å²) in [7, 11) is 0. The zero-order valence-corrected chi connectivity index (χ0v) is 13.1. The van der Waals surface area contributed by atoms with Gasteiger partial charge in [0, 0.05) is 19.6 Å². The summed E-state index contributed by atoms with van der Waals surface area (Å²) in [5, 5.41) is 16.5. The van der Waals surface area contributed by atoms with Gasteiger partial charge in [-0.2, -0.15) is 0 Å². The highest BCUT2D eigenvalue weighted by atomic mass is 16.3. The van der Waals surface area contributed by atoms with Gasteiger partial charge in [-0.1, -0.05) is 38.1 Å². The third-order valence-electron chi connectivity index (χ3n) is 3.90. The van der Waals surface area contributed by atoms with Crippen LogP contribution in [0, 0.1) is 5.92 Å². The molecule has 0 saturated carbocycles. The molecule has 0 saturated heterocycles. The van der Waals surface area contributed by atoms with E-state index in [4.69, 9.17) is 0 Å². The molecular formula is C17H26N2O2. The maximum Gasteiger partial charge on any atom is 0.228 e. The first-order valence-electron chi connectivity index (χ1n) is 7.67. The number of carbonyl (C=O) groups is 1. The van der Waals surface area contributed by atoms with Crippen molar-refractivity contribution in [2.75, 3.05) is 13.1 Å². The molecule has 1 amide bonds. The summed E-state index contributed by atoms with van der Waals surface area (Å²) in [6.07, 6.45) is 0.673. The molecule has 0 bridgehead atoms. The van der Waals surface area contributed by atoms with Crippen molar-refractivity contribution in [1.29, 1.82) is 0 Å². The van der Waals surface area contributed by atoms with Gasteiger partial charge in [-0.05, 0) is 30.4 Å². The molecule has 4 nitrogen and oxygen atoms in total. The minimum absolute atomic E-state index is 0.0151. The molecule has 4 heteroatoms. The van der Waals surface area contributed by atoms with Crippen LogP contribution in [0.5, 0.6) is 0 Å². The fraction of sp³-hybridized carbons (Fsp3) is 0.588. The van der Waals surface area contributed by atoms with Crippen molar-refractivity contribution in [3.63, 3.8) is 0 Å². The Balaban J connectivity index is 1.99. The highest BCUT2D eigenvalue weighted by molar-refractivity contribution is 5.84. The normalized spacial score (nSPS) is 20.7. The summed E-state index contributed by atoms with van der Waals surface area (Å²) in [5.74, 6) is 0.206. The molecule has 0 aliphatic carbocycles. The summed E-state index contributed by atoms with van der Waals surface area (Å²) in [6, 6.07) is 8.04. The van der Waals surface area contributed by atoms with Gasteiger partial charge in [0.1, 0.15) is 0 Å². The highest BCUT2D eigenvalue weighted by Crippen LogP contribution is 2.24. The molecule has 1 heterocycles. The van der Waals surface area contributed by atoms with E-state index in [-0.39, 0.29) is 11.8 Å². The van der Waals surface area contributed by atoms with Crippen LogP contribution in [0.15, 0.2) is 24.3 Å². The maximum atomic E-state index is 12.4. The summed E-state index contributed by atoms with van der Waals surface area (Å²) < 4.78 is 0. The number of hydrogen-bond acceptors (Lipinski definition) is 3. The summed E-state index contributed by atoms with van der Waals surface area (Å²) in [4.78, 5) is 12.4. The van der Waals surface area contributed by atoms with Crippen molar-refractivity contribution in [3.05, 3.63) is 35.4 Å². The van der Waals surface area contributed by atoms with Crippen LogP contribution in [0.3, 0.4) is 0 Å². The molecular weight excluding hydrogens is 264 g/mol. The summed E-state index contributed by atoms with van der Waals surface area (Å²) in [5.41, 5.74) is 1.42. The van der Waals surface area contributed by atoms with Crippen LogP contribution in [0.1, 0.15) is 44.2 Å². The van der Waals surface area contributed by atoms with Crippen molar-refractivity contribution in [3.8, 4) is 0 Å². The molecule has 1 aromatic carbocycles. The number of carbonyl (C=O) groups excluding carboxylic acids is 1. The minimum atomic E-state index is -0.856. The van der Waals surface area contributed by atoms with Crippen molar-refractivity contribution >= 4 is 5.91 Å². The highest BCUT2D eigenvalue weighted by Gasteiger charge is 2.28. The van der Waals surface area contributed by atoms with E-state index >= 15 is 0 Å². The van der Waals surface area contributed by atoms with Crippen LogP contribution >= 0.6 is 0 Å². The summed E-state index contributed by atoms with van der Waals surface area (Å²) in [6.45, 7) is 7.67. The van der Waals surface area contributed by atoms with Crippen LogP contribution in [-0.2, 0) is 11.3 Å². The van der Waals surface area contributed by atoms with Crippen molar-refractivity contribution in [2.24, 2.45) is 5.92 Å². The number of rotatable bonds is 5. The molecule has 21 heavy (non-hydrogen) atoms. The number of nitrogens with one attached hydrogen (secondary N) is 2. The molecule has 2 rings (SSSR count). The fourth-order valence-electron chi connectivity index (χ4n) is 3.08. The van der Waals surface area contributed by atoms with E-state index in [1.807, 2.05) is 18.2 Å². The molecule has 0 spiro atoms. The Morgan fingerprint density at radius 3 is 2.90 bits per heavy atom. The number of fused-ring (bicyclic) bond motifs is 1. The Hall–Kier alpha value is -1.39. The van der Waals surface area contributed by atoms with Crippen LogP contribution in [-0.4, -0.2) is 29.7 Å². The zero-order chi connectivity index (χ0) is 15.5. The van der Waals surface area contributed by atoms with Gasteiger partial charge >= 0.3 is 0 Å². The molecule has 116 valence electrons. The van der Waals surface area contributed by atoms with Crippen LogP contribution in [0.2, 0.25) is 0 Å². The van der Waals surface area contributed by atoms with Crippen molar-refractivity contribution < 1.29 is 9.90 Å². The first-order valence-corrected chi connectivity index (χ1v) is 7.67. The van der Waals surface area contributed by atoms with Crippen LogP contribution < -0.4 is 10.6 Å². The third kappa shape index (κ3) is 4.29. The molecule has 0 fully saturated rings. The van der Waals surface area contributed by atoms with E-state index < -0.39 is 5.60 Å². The number of aliphatic hydroxyl groups is 1. The zero-order valence-electron chi connectivity index (χ0n) is 13.1. The van der Waals surface area contributed by atoms with Crippen molar-refractivity contribution in [1.82, 2.24) is 10.6 Å². The van der Waals surface area contributed by atoms with Gasteiger partial charge in [0.15, 0.2) is 0 Å². The lowest BCUT2D eigenvalue weighted by Gasteiger charge is -2.29. The smallest absolute Gasteiger partial charge is 0.228 e. The summed E-state index contributed by atoms with van der Waals surface area (Å²) >= 11 is 0. The molecule has 3 N–H and O–H groups in total. The van der Waals surface area contributed by atoms with Gasteiger partial charge in [0.2, 0.25) is 5.91 Å². The second-order valence-electron chi connectivity index (χ2n) is 6.70. The number of amides is 1. The maximum absolute atomic E-state index is 12.4. The number of benzene rings is 1. The van der Waals surface area contributed by atoms with Crippen molar-refractivity contribution in [2.45, 2.75) is 45.3 Å². The first-order chi connectivity index (χ1) is 9.89. The van der Waals surface area contributed by atoms with E-state index in [2.05, 4.69) is 30.5 Å². The van der Waals surface area contributed by atoms with Gasteiger partial charge in [-0.25, -0.2) is 0 Å². The van der Waals surface area contributed by atoms with E-state index in [0.29, 0.717) is 25.4 Å². The molecule has 0 aromatic heterocycles. The molecule has 2 unspecified atom stereocenters. The van der Waals surface area contributed by atoms with Gasteiger partial charge in [-0.15, -0.1) is 0 Å². The van der Waals surface area contributed by atoms with E-state index in [0.717, 1.165) is 12.1 Å². The topological polar surface area (TPSA) is 61.4 Å². The monoisotopic (exact) mass is 290 g/mol. The van der Waals surface area contributed by atoms with E-state index in [1.54, 1.807) is 6.92 Å². The van der Waals surface area contributed by atoms with Gasteiger partial charge < -0.3 is 15.7 Å². The Morgan fingerprint density at radius 1 is 1.48 bits per heavy atom. The molecule has 1 aliphatic heterocycles. The quantitative estimate of drug-likeness (QED) is 0.775. The fourth-order valence-corrected chi connectivity index (χ4v) is 3.08. The molecule has 1 aliphatic rings. The average Bonchev–Trinajstić information content (AvgIpc) is 2.43. The predicted octanol–water partition coefficient (Wildman–Crippen LogP) is 1.79. The molecule has 2 atom stereocenters. The SMILES string of the molecule is CC(C)CC(C)(O)CNC(=O)C1CNCc2ccccc21. The van der Waals surface area contributed by atoms with Gasteiger partial charge in [-0.3, -0.25) is 4.79 Å². The van der Waals surface area contributed by atoms with E-state index in [1.165, 1.54) is 5.56 Å². The number of hydrogen-bond donors (Lipinski definition) is 3. The van der Waals surface area contributed by atoms with Gasteiger partial charge in [0.25, 0.3) is 0 Å². The van der Waals surface area contributed by atoms with E-state index in [9.17, 15) is 9.90 Å². The largest absolute Gasteiger partial charge is 0.388 e. The standard InChI is InChI=1S/C17H26N2O2/c1-12(2)8-17(3,21)11-19-16(20)15-10-18-9-13-6-4-5-7-14(13)15/h4-7,12,15,18,21H,8-11H2,1-3H3,(H,19,20). The Labute approximate surface area is 126 Å². The predicted molar refractivity (Wildman–Crippen MR) is 84.0 cm³/mol. The Bertz CT molecular complexity index is 497. The van der Waals surface area contributed by atoms with Crippen LogP contribution in [0.4, 0.5) is 0 Å². The molecule has 1 aromatic rings. The second kappa shape index (κ2) is 6.58. The van der Waals surface area contributed by atoms with Gasteiger partial charge in [0.05, 0.1) is 11.5 Å². The second-order valence-corrected chi connectivity index (χ2v) is 6.70. The van der Waals surface area contributed by atoms with Crippen LogP contribution in [0.25, 0.3) is 0 Å². The average molecular weight is 290 g/mol. The Morgan fingerprint density at radius 2 is 2.19 bits per heavy atom.